The number of ether oxygens (including phenoxy) is 1. The van der Waals surface area contributed by atoms with Crippen LogP contribution >= 0.6 is 0 Å². The molecule has 1 aromatic heterocycles. The molecule has 2 N–H and O–H groups in total. The van der Waals surface area contributed by atoms with E-state index >= 15 is 0 Å². The lowest BCUT2D eigenvalue weighted by atomic mass is 10.1. The molecule has 1 aliphatic rings. The molecule has 168 valence electrons. The summed E-state index contributed by atoms with van der Waals surface area (Å²) in [5, 5.41) is 15.4. The minimum atomic E-state index is -0.233. The van der Waals surface area contributed by atoms with Gasteiger partial charge in [-0.15, -0.1) is 10.2 Å². The van der Waals surface area contributed by atoms with E-state index in [0.29, 0.717) is 26.2 Å². The van der Waals surface area contributed by atoms with E-state index in [0.717, 1.165) is 30.5 Å². The Bertz CT molecular complexity index is 873. The third-order valence-electron chi connectivity index (χ3n) is 5.58. The normalized spacial score (nSPS) is 16.1. The van der Waals surface area contributed by atoms with Crippen LogP contribution in [0.4, 0.5) is 4.79 Å². The summed E-state index contributed by atoms with van der Waals surface area (Å²) in [4.78, 5) is 18.5. The number of nitrogens with one attached hydrogen (secondary N) is 2. The summed E-state index contributed by atoms with van der Waals surface area (Å²) < 4.78 is 7.06. The Labute approximate surface area is 183 Å². The smallest absolute Gasteiger partial charge is 0.409 e. The molecule has 31 heavy (non-hydrogen) atoms. The summed E-state index contributed by atoms with van der Waals surface area (Å²) >= 11 is 0. The Hall–Kier alpha value is -3.10. The second-order valence-corrected chi connectivity index (χ2v) is 7.77. The number of nitrogens with zero attached hydrogens (tertiary/aromatic N) is 5. The largest absolute Gasteiger partial charge is 0.450 e. The number of hydrogen-bond acceptors (Lipinski definition) is 5. The molecule has 1 fully saturated rings. The van der Waals surface area contributed by atoms with Crippen molar-refractivity contribution in [2.24, 2.45) is 12.0 Å². The first kappa shape index (κ1) is 22.6. The Kier molecular flexibility index (Phi) is 7.86. The van der Waals surface area contributed by atoms with Crippen LogP contribution in [-0.2, 0) is 18.3 Å². The molecule has 1 amide bonds. The summed E-state index contributed by atoms with van der Waals surface area (Å²) in [7, 11) is 1.94. The quantitative estimate of drug-likeness (QED) is 0.543. The highest BCUT2D eigenvalue weighted by Crippen LogP contribution is 2.14. The number of carbonyl (C=O) groups is 1. The van der Waals surface area contributed by atoms with Crippen LogP contribution in [0.2, 0.25) is 0 Å². The Morgan fingerprint density at radius 2 is 1.97 bits per heavy atom. The molecule has 0 spiro atoms. The lowest BCUT2D eigenvalue weighted by Crippen LogP contribution is -2.50. The van der Waals surface area contributed by atoms with E-state index in [9.17, 15) is 4.79 Å². The van der Waals surface area contributed by atoms with Gasteiger partial charge in [0.2, 0.25) is 0 Å². The van der Waals surface area contributed by atoms with Crippen LogP contribution in [0.25, 0.3) is 0 Å². The van der Waals surface area contributed by atoms with Gasteiger partial charge in [0.05, 0.1) is 12.6 Å². The molecule has 1 unspecified atom stereocenters. The fourth-order valence-electron chi connectivity index (χ4n) is 3.52. The van der Waals surface area contributed by atoms with E-state index in [1.807, 2.05) is 43.7 Å². The molecule has 3 rings (SSSR count). The molecule has 9 heteroatoms. The van der Waals surface area contributed by atoms with Gasteiger partial charge in [-0.1, -0.05) is 30.3 Å². The second-order valence-electron chi connectivity index (χ2n) is 7.77. The third kappa shape index (κ3) is 6.19. The maximum Gasteiger partial charge on any atom is 0.409 e. The minimum absolute atomic E-state index is 0.0910. The van der Waals surface area contributed by atoms with E-state index in [4.69, 9.17) is 9.73 Å². The van der Waals surface area contributed by atoms with Gasteiger partial charge in [0, 0.05) is 26.2 Å². The van der Waals surface area contributed by atoms with Gasteiger partial charge in [-0.2, -0.15) is 0 Å². The maximum atomic E-state index is 12.0. The van der Waals surface area contributed by atoms with Gasteiger partial charge in [0.15, 0.2) is 11.8 Å². The number of aliphatic imine (C=N–C) groups is 1. The number of benzene rings is 1. The highest BCUT2D eigenvalue weighted by atomic mass is 16.6. The average Bonchev–Trinajstić information content (AvgIpc) is 3.11. The molecule has 1 atom stereocenters. The first-order valence-electron chi connectivity index (χ1n) is 10.9. The zero-order chi connectivity index (χ0) is 22.2. The molecule has 0 radical (unpaired) electrons. The predicted molar refractivity (Wildman–Crippen MR) is 120 cm³/mol. The topological polar surface area (TPSA) is 96.7 Å². The second kappa shape index (κ2) is 10.8. The van der Waals surface area contributed by atoms with Crippen molar-refractivity contribution >= 4 is 12.1 Å². The molecular formula is C22H33N7O2. The Morgan fingerprint density at radius 1 is 1.26 bits per heavy atom. The number of carbonyl (C=O) groups excluding carboxylic acids is 1. The van der Waals surface area contributed by atoms with Crippen LogP contribution in [0.15, 0.2) is 35.3 Å². The zero-order valence-corrected chi connectivity index (χ0v) is 18.8. The van der Waals surface area contributed by atoms with E-state index in [-0.39, 0.29) is 18.2 Å². The van der Waals surface area contributed by atoms with Gasteiger partial charge in [-0.05, 0) is 39.2 Å². The van der Waals surface area contributed by atoms with Crippen molar-refractivity contribution in [1.82, 2.24) is 30.3 Å². The van der Waals surface area contributed by atoms with Crippen molar-refractivity contribution < 1.29 is 9.53 Å². The van der Waals surface area contributed by atoms with Crippen molar-refractivity contribution in [3.63, 3.8) is 0 Å². The van der Waals surface area contributed by atoms with Crippen molar-refractivity contribution in [2.75, 3.05) is 19.7 Å². The summed E-state index contributed by atoms with van der Waals surface area (Å²) in [5.74, 6) is 2.39. The van der Waals surface area contributed by atoms with Crippen molar-refractivity contribution in [3.8, 4) is 0 Å². The highest BCUT2D eigenvalue weighted by molar-refractivity contribution is 5.80. The fraction of sp³-hybridized carbons (Fsp3) is 0.545. The van der Waals surface area contributed by atoms with Crippen molar-refractivity contribution in [2.45, 2.75) is 52.2 Å². The van der Waals surface area contributed by atoms with E-state index in [1.54, 1.807) is 4.90 Å². The monoisotopic (exact) mass is 427 g/mol. The molecule has 1 saturated heterocycles. The van der Waals surface area contributed by atoms with E-state index < -0.39 is 0 Å². The molecule has 1 aliphatic heterocycles. The van der Waals surface area contributed by atoms with Crippen LogP contribution in [0.3, 0.4) is 0 Å². The van der Waals surface area contributed by atoms with Crippen LogP contribution in [0.5, 0.6) is 0 Å². The zero-order valence-electron chi connectivity index (χ0n) is 18.8. The summed E-state index contributed by atoms with van der Waals surface area (Å²) in [6.45, 7) is 8.02. The maximum absolute atomic E-state index is 12.0. The number of amides is 1. The van der Waals surface area contributed by atoms with Crippen LogP contribution in [0.1, 0.15) is 49.9 Å². The summed E-state index contributed by atoms with van der Waals surface area (Å²) in [5.41, 5.74) is 1.18. The number of hydrogen-bond donors (Lipinski definition) is 2. The lowest BCUT2D eigenvalue weighted by Gasteiger charge is -2.33. The molecule has 0 saturated carbocycles. The fourth-order valence-corrected chi connectivity index (χ4v) is 3.52. The van der Waals surface area contributed by atoms with Crippen LogP contribution < -0.4 is 10.6 Å². The van der Waals surface area contributed by atoms with Crippen LogP contribution in [0, 0.1) is 6.92 Å². The van der Waals surface area contributed by atoms with E-state index in [1.165, 1.54) is 5.56 Å². The first-order valence-corrected chi connectivity index (χ1v) is 10.9. The van der Waals surface area contributed by atoms with Crippen molar-refractivity contribution in [1.29, 1.82) is 0 Å². The number of guanidine groups is 1. The third-order valence-corrected chi connectivity index (χ3v) is 5.58. The molecule has 9 nitrogen and oxygen atoms in total. The molecule has 2 aromatic rings. The average molecular weight is 428 g/mol. The van der Waals surface area contributed by atoms with Gasteiger partial charge >= 0.3 is 6.09 Å². The highest BCUT2D eigenvalue weighted by Gasteiger charge is 2.24. The lowest BCUT2D eigenvalue weighted by molar-refractivity contribution is 0.0963. The van der Waals surface area contributed by atoms with Gasteiger partial charge in [0.1, 0.15) is 12.4 Å². The Morgan fingerprint density at radius 3 is 2.58 bits per heavy atom. The molecule has 0 aliphatic carbocycles. The summed E-state index contributed by atoms with van der Waals surface area (Å²) in [6.07, 6.45) is 1.44. The number of piperidine rings is 1. The van der Waals surface area contributed by atoms with Crippen LogP contribution in [-0.4, -0.2) is 57.5 Å². The van der Waals surface area contributed by atoms with Gasteiger partial charge in [-0.25, -0.2) is 9.79 Å². The minimum Gasteiger partial charge on any atom is -0.450 e. The van der Waals surface area contributed by atoms with Crippen molar-refractivity contribution in [3.05, 3.63) is 47.5 Å². The molecule has 0 bridgehead atoms. The Balaban J connectivity index is 1.66. The molecule has 1 aromatic carbocycles. The molecule has 2 heterocycles. The standard InChI is InChI=1S/C22H33N7O2/c1-5-31-22(30)29-13-11-19(12-14-29)25-21(23-15-20-27-26-17(3)28(20)4)24-16(2)18-9-7-6-8-10-18/h6-10,16,19H,5,11-15H2,1-4H3,(H2,23,24,25). The van der Waals surface area contributed by atoms with Gasteiger partial charge in [0.25, 0.3) is 0 Å². The number of likely N-dealkylation sites (tertiary alicyclic amines) is 1. The number of rotatable bonds is 6. The number of aromatic nitrogens is 3. The van der Waals surface area contributed by atoms with Gasteiger partial charge < -0.3 is 24.8 Å². The summed E-state index contributed by atoms with van der Waals surface area (Å²) in [6, 6.07) is 10.6. The predicted octanol–water partition coefficient (Wildman–Crippen LogP) is 2.54. The van der Waals surface area contributed by atoms with Gasteiger partial charge in [-0.3, -0.25) is 0 Å². The molecular weight excluding hydrogens is 394 g/mol. The number of aryl methyl sites for hydroxylation is 1. The van der Waals surface area contributed by atoms with E-state index in [2.05, 4.69) is 39.9 Å². The SMILES string of the molecule is CCOC(=O)N1CCC(NC(=NCc2nnc(C)n2C)NC(C)c2ccccc2)CC1. The first-order chi connectivity index (χ1) is 15.0.